The molecule has 0 aliphatic rings. The van der Waals surface area contributed by atoms with Gasteiger partial charge in [-0.05, 0) is 18.9 Å². The van der Waals surface area contributed by atoms with Crippen LogP contribution in [0.5, 0.6) is 0 Å². The number of allylic oxidation sites excluding steroid dienone is 3. The molecule has 0 bridgehead atoms. The van der Waals surface area contributed by atoms with Crippen LogP contribution in [0.25, 0.3) is 0 Å². The van der Waals surface area contributed by atoms with Crippen molar-refractivity contribution >= 4 is 0 Å². The van der Waals surface area contributed by atoms with Crippen LogP contribution in [-0.4, -0.2) is 6.04 Å². The summed E-state index contributed by atoms with van der Waals surface area (Å²) >= 11 is 0. The number of nitrogens with one attached hydrogen (secondary N) is 1. The summed E-state index contributed by atoms with van der Waals surface area (Å²) in [6.45, 7) is 6.70. The Hall–Kier alpha value is -1.60. The zero-order valence-electron chi connectivity index (χ0n) is 10.5. The van der Waals surface area contributed by atoms with Gasteiger partial charge >= 0.3 is 0 Å². The average Bonchev–Trinajstić information content (AvgIpc) is 2.37. The van der Waals surface area contributed by atoms with E-state index in [1.54, 1.807) is 0 Å². The molecule has 1 aromatic rings. The molecule has 17 heavy (non-hydrogen) atoms. The predicted octanol–water partition coefficient (Wildman–Crippen LogP) is 3.85. The highest BCUT2D eigenvalue weighted by molar-refractivity contribution is 5.15. The molecule has 0 saturated carbocycles. The third-order valence-electron chi connectivity index (χ3n) is 2.48. The molecular formula is C16H21N. The van der Waals surface area contributed by atoms with Gasteiger partial charge in [-0.2, -0.15) is 0 Å². The molecule has 0 spiro atoms. The molecule has 90 valence electrons. The van der Waals surface area contributed by atoms with Gasteiger partial charge in [0, 0.05) is 12.6 Å². The number of hydrogen-bond acceptors (Lipinski definition) is 1. The van der Waals surface area contributed by atoms with Gasteiger partial charge in [0.1, 0.15) is 0 Å². The van der Waals surface area contributed by atoms with E-state index in [0.29, 0.717) is 6.04 Å². The second kappa shape index (κ2) is 8.54. The van der Waals surface area contributed by atoms with E-state index in [1.165, 1.54) is 5.56 Å². The Bertz CT molecular complexity index is 362. The molecule has 0 aliphatic heterocycles. The first-order valence-electron chi connectivity index (χ1n) is 6.04. The largest absolute Gasteiger partial charge is 0.306 e. The molecule has 1 heteroatoms. The lowest BCUT2D eigenvalue weighted by molar-refractivity contribution is 0.598. The fraction of sp³-hybridized carbons (Fsp3) is 0.250. The SMILES string of the molecule is C=CC[C@@H](/C=C/C=C/C)NCc1ccccc1. The molecule has 0 amide bonds. The molecule has 1 aromatic carbocycles. The second-order valence-electron chi connectivity index (χ2n) is 3.91. The summed E-state index contributed by atoms with van der Waals surface area (Å²) in [6, 6.07) is 10.8. The summed E-state index contributed by atoms with van der Waals surface area (Å²) in [7, 11) is 0. The Kier molecular flexibility index (Phi) is 6.76. The van der Waals surface area contributed by atoms with Crippen LogP contribution in [0.3, 0.4) is 0 Å². The van der Waals surface area contributed by atoms with Gasteiger partial charge < -0.3 is 5.32 Å². The molecule has 1 rings (SSSR count). The summed E-state index contributed by atoms with van der Waals surface area (Å²) in [5.74, 6) is 0. The van der Waals surface area contributed by atoms with Gasteiger partial charge in [0.05, 0.1) is 0 Å². The van der Waals surface area contributed by atoms with Gasteiger partial charge in [0.2, 0.25) is 0 Å². The molecule has 0 fully saturated rings. The van der Waals surface area contributed by atoms with E-state index in [2.05, 4.69) is 48.3 Å². The molecule has 0 aliphatic carbocycles. The second-order valence-corrected chi connectivity index (χ2v) is 3.91. The number of benzene rings is 1. The lowest BCUT2D eigenvalue weighted by Gasteiger charge is -2.12. The molecule has 0 heterocycles. The minimum Gasteiger partial charge on any atom is -0.306 e. The third-order valence-corrected chi connectivity index (χ3v) is 2.48. The third kappa shape index (κ3) is 5.88. The zero-order valence-corrected chi connectivity index (χ0v) is 10.5. The molecule has 0 unspecified atom stereocenters. The van der Waals surface area contributed by atoms with Crippen molar-refractivity contribution in [3.8, 4) is 0 Å². The Balaban J connectivity index is 2.46. The fourth-order valence-electron chi connectivity index (χ4n) is 1.56. The summed E-state index contributed by atoms with van der Waals surface area (Å²) < 4.78 is 0. The lowest BCUT2D eigenvalue weighted by Crippen LogP contribution is -2.25. The van der Waals surface area contributed by atoms with Crippen LogP contribution in [0.15, 0.2) is 67.3 Å². The Morgan fingerprint density at radius 2 is 2.00 bits per heavy atom. The summed E-state index contributed by atoms with van der Waals surface area (Å²) in [6.07, 6.45) is 11.2. The van der Waals surface area contributed by atoms with Gasteiger partial charge in [0.25, 0.3) is 0 Å². The number of hydrogen-bond donors (Lipinski definition) is 1. The van der Waals surface area contributed by atoms with Crippen LogP contribution < -0.4 is 5.32 Å². The van der Waals surface area contributed by atoms with Crippen molar-refractivity contribution in [2.24, 2.45) is 0 Å². The van der Waals surface area contributed by atoms with E-state index >= 15 is 0 Å². The summed E-state index contributed by atoms with van der Waals surface area (Å²) in [5, 5.41) is 3.50. The fourth-order valence-corrected chi connectivity index (χ4v) is 1.56. The predicted molar refractivity (Wildman–Crippen MR) is 75.8 cm³/mol. The molecule has 0 aromatic heterocycles. The van der Waals surface area contributed by atoms with Crippen LogP contribution in [0.4, 0.5) is 0 Å². The molecule has 1 N–H and O–H groups in total. The summed E-state index contributed by atoms with van der Waals surface area (Å²) in [5.41, 5.74) is 1.31. The summed E-state index contributed by atoms with van der Waals surface area (Å²) in [4.78, 5) is 0. The highest BCUT2D eigenvalue weighted by Crippen LogP contribution is 2.01. The van der Waals surface area contributed by atoms with E-state index in [4.69, 9.17) is 0 Å². The lowest BCUT2D eigenvalue weighted by atomic mass is 10.1. The highest BCUT2D eigenvalue weighted by atomic mass is 14.9. The standard InChI is InChI=1S/C16H21N/c1-3-5-7-13-16(10-4-2)17-14-15-11-8-6-9-12-15/h3-9,11-13,16-17H,2,10,14H2,1H3/b5-3+,13-7+/t16-/m0/s1. The number of rotatable bonds is 7. The minimum atomic E-state index is 0.351. The van der Waals surface area contributed by atoms with Crippen molar-refractivity contribution in [3.05, 3.63) is 72.9 Å². The quantitative estimate of drug-likeness (QED) is 0.551. The average molecular weight is 227 g/mol. The van der Waals surface area contributed by atoms with Crippen LogP contribution in [0.2, 0.25) is 0 Å². The van der Waals surface area contributed by atoms with E-state index in [1.807, 2.05) is 31.2 Å². The van der Waals surface area contributed by atoms with Crippen molar-refractivity contribution in [2.45, 2.75) is 25.9 Å². The maximum Gasteiger partial charge on any atom is 0.0290 e. The van der Waals surface area contributed by atoms with Gasteiger partial charge in [-0.3, -0.25) is 0 Å². The molecule has 1 atom stereocenters. The smallest absolute Gasteiger partial charge is 0.0290 e. The first kappa shape index (κ1) is 13.5. The topological polar surface area (TPSA) is 12.0 Å². The molecular weight excluding hydrogens is 206 g/mol. The van der Waals surface area contributed by atoms with Crippen molar-refractivity contribution in [1.29, 1.82) is 0 Å². The van der Waals surface area contributed by atoms with E-state index in [0.717, 1.165) is 13.0 Å². The van der Waals surface area contributed by atoms with Crippen molar-refractivity contribution < 1.29 is 0 Å². The van der Waals surface area contributed by atoms with Crippen molar-refractivity contribution in [1.82, 2.24) is 5.32 Å². The monoisotopic (exact) mass is 227 g/mol. The molecule has 1 nitrogen and oxygen atoms in total. The zero-order chi connectivity index (χ0) is 12.3. The Labute approximate surface area is 105 Å². The maximum atomic E-state index is 3.79. The maximum absolute atomic E-state index is 3.79. The van der Waals surface area contributed by atoms with Crippen LogP contribution in [-0.2, 0) is 6.54 Å². The van der Waals surface area contributed by atoms with E-state index < -0.39 is 0 Å². The van der Waals surface area contributed by atoms with Crippen LogP contribution in [0.1, 0.15) is 18.9 Å². The minimum absolute atomic E-state index is 0.351. The first-order chi connectivity index (χ1) is 8.36. The van der Waals surface area contributed by atoms with Crippen LogP contribution >= 0.6 is 0 Å². The van der Waals surface area contributed by atoms with Crippen molar-refractivity contribution in [3.63, 3.8) is 0 Å². The normalized spacial score (nSPS) is 13.2. The van der Waals surface area contributed by atoms with E-state index in [9.17, 15) is 0 Å². The van der Waals surface area contributed by atoms with Gasteiger partial charge in [-0.25, -0.2) is 0 Å². The molecule has 0 radical (unpaired) electrons. The molecule has 0 saturated heterocycles. The van der Waals surface area contributed by atoms with Crippen LogP contribution in [0, 0.1) is 0 Å². The Morgan fingerprint density at radius 3 is 2.65 bits per heavy atom. The van der Waals surface area contributed by atoms with E-state index in [-0.39, 0.29) is 0 Å². The van der Waals surface area contributed by atoms with Crippen molar-refractivity contribution in [2.75, 3.05) is 0 Å². The highest BCUT2D eigenvalue weighted by Gasteiger charge is 2.00. The Morgan fingerprint density at radius 1 is 1.24 bits per heavy atom. The van der Waals surface area contributed by atoms with Gasteiger partial charge in [-0.1, -0.05) is 60.7 Å². The van der Waals surface area contributed by atoms with Gasteiger partial charge in [0.15, 0.2) is 0 Å². The first-order valence-corrected chi connectivity index (χ1v) is 6.04. The van der Waals surface area contributed by atoms with Gasteiger partial charge in [-0.15, -0.1) is 6.58 Å².